The van der Waals surface area contributed by atoms with Crippen molar-refractivity contribution in [3.8, 4) is 5.75 Å². The first-order chi connectivity index (χ1) is 10.2. The maximum absolute atomic E-state index is 14.0. The minimum atomic E-state index is -0.257. The molecule has 0 spiro atoms. The van der Waals surface area contributed by atoms with Crippen LogP contribution in [0.25, 0.3) is 0 Å². The Bertz CT molecular complexity index is 639. The van der Waals surface area contributed by atoms with Crippen LogP contribution in [0.3, 0.4) is 0 Å². The molecule has 4 heteroatoms. The Balaban J connectivity index is 1.89. The van der Waals surface area contributed by atoms with Crippen molar-refractivity contribution in [3.63, 3.8) is 0 Å². The van der Waals surface area contributed by atoms with Crippen LogP contribution in [0.15, 0.2) is 36.4 Å². The minimum Gasteiger partial charge on any atom is -0.493 e. The third-order valence-corrected chi connectivity index (χ3v) is 4.29. The molecule has 0 amide bonds. The molecule has 2 aromatic rings. The van der Waals surface area contributed by atoms with Gasteiger partial charge in [0, 0.05) is 23.0 Å². The van der Waals surface area contributed by atoms with Gasteiger partial charge >= 0.3 is 0 Å². The Morgan fingerprint density at radius 3 is 2.95 bits per heavy atom. The zero-order valence-corrected chi connectivity index (χ0v) is 12.6. The van der Waals surface area contributed by atoms with Crippen LogP contribution in [0, 0.1) is 5.82 Å². The first kappa shape index (κ1) is 14.4. The second kappa shape index (κ2) is 6.04. The number of hydrogen-bond donors (Lipinski definition) is 1. The summed E-state index contributed by atoms with van der Waals surface area (Å²) in [6, 6.07) is 11.0. The van der Waals surface area contributed by atoms with Gasteiger partial charge < -0.3 is 10.1 Å². The zero-order valence-electron chi connectivity index (χ0n) is 11.8. The van der Waals surface area contributed by atoms with Gasteiger partial charge in [-0.15, -0.1) is 0 Å². The van der Waals surface area contributed by atoms with Crippen LogP contribution in [0.1, 0.15) is 22.7 Å². The third-order valence-electron chi connectivity index (χ3n) is 3.93. The van der Waals surface area contributed by atoms with Crippen molar-refractivity contribution in [2.24, 2.45) is 0 Å². The Morgan fingerprint density at radius 2 is 2.19 bits per heavy atom. The van der Waals surface area contributed by atoms with Crippen molar-refractivity contribution < 1.29 is 9.13 Å². The number of ether oxygens (including phenoxy) is 1. The maximum Gasteiger partial charge on any atom is 0.127 e. The molecule has 0 aliphatic carbocycles. The van der Waals surface area contributed by atoms with E-state index < -0.39 is 0 Å². The van der Waals surface area contributed by atoms with Gasteiger partial charge in [-0.05, 0) is 42.8 Å². The quantitative estimate of drug-likeness (QED) is 0.924. The highest BCUT2D eigenvalue weighted by Gasteiger charge is 2.18. The summed E-state index contributed by atoms with van der Waals surface area (Å²) in [6.07, 6.45) is 1.45. The Labute approximate surface area is 128 Å². The molecule has 0 saturated carbocycles. The summed E-state index contributed by atoms with van der Waals surface area (Å²) in [6.45, 7) is 0.738. The predicted molar refractivity (Wildman–Crippen MR) is 82.6 cm³/mol. The normalized spacial score (nSPS) is 14.6. The molecule has 1 aliphatic rings. The number of nitrogens with one attached hydrogen (secondary N) is 1. The summed E-state index contributed by atoms with van der Waals surface area (Å²) in [5, 5.41) is 3.72. The summed E-state index contributed by atoms with van der Waals surface area (Å²) in [5.74, 6) is 0.699. The highest BCUT2D eigenvalue weighted by Crippen LogP contribution is 2.31. The topological polar surface area (TPSA) is 21.3 Å². The van der Waals surface area contributed by atoms with E-state index >= 15 is 0 Å². The monoisotopic (exact) mass is 305 g/mol. The van der Waals surface area contributed by atoms with Crippen molar-refractivity contribution in [2.75, 3.05) is 13.7 Å². The fourth-order valence-electron chi connectivity index (χ4n) is 2.74. The van der Waals surface area contributed by atoms with Crippen LogP contribution in [0.2, 0.25) is 5.02 Å². The van der Waals surface area contributed by atoms with E-state index in [1.54, 1.807) is 12.1 Å². The fourth-order valence-corrected chi connectivity index (χ4v) is 2.98. The molecule has 0 radical (unpaired) electrons. The van der Waals surface area contributed by atoms with Gasteiger partial charge in [0.15, 0.2) is 0 Å². The molecule has 110 valence electrons. The van der Waals surface area contributed by atoms with Gasteiger partial charge in [-0.3, -0.25) is 0 Å². The zero-order chi connectivity index (χ0) is 14.8. The van der Waals surface area contributed by atoms with E-state index in [2.05, 4.69) is 11.4 Å². The Hall–Kier alpha value is -1.58. The van der Waals surface area contributed by atoms with Crippen LogP contribution in [0.5, 0.6) is 5.75 Å². The van der Waals surface area contributed by atoms with Crippen molar-refractivity contribution in [2.45, 2.75) is 18.9 Å². The lowest BCUT2D eigenvalue weighted by molar-refractivity contribution is 0.356. The molecule has 0 fully saturated rings. The second-order valence-corrected chi connectivity index (χ2v) is 5.62. The average molecular weight is 306 g/mol. The molecule has 0 bridgehead atoms. The molecule has 1 N–H and O–H groups in total. The largest absolute Gasteiger partial charge is 0.493 e. The van der Waals surface area contributed by atoms with Gasteiger partial charge in [-0.2, -0.15) is 0 Å². The van der Waals surface area contributed by atoms with Crippen molar-refractivity contribution in [1.82, 2.24) is 5.32 Å². The number of benzene rings is 2. The third kappa shape index (κ3) is 2.89. The molecule has 1 unspecified atom stereocenters. The standard InChI is InChI=1S/C17H17ClFNO/c1-20-16(10-13-14(18)3-2-4-15(13)19)11-5-6-17-12(9-11)7-8-21-17/h2-6,9,16,20H,7-8,10H2,1H3. The maximum atomic E-state index is 14.0. The fraction of sp³-hybridized carbons (Fsp3) is 0.294. The van der Waals surface area contributed by atoms with Gasteiger partial charge in [0.2, 0.25) is 0 Å². The number of rotatable bonds is 4. The Morgan fingerprint density at radius 1 is 1.33 bits per heavy atom. The number of halogens is 2. The summed E-state index contributed by atoms with van der Waals surface area (Å²) >= 11 is 6.12. The van der Waals surface area contributed by atoms with Gasteiger partial charge in [-0.1, -0.05) is 29.8 Å². The molecule has 1 heterocycles. The average Bonchev–Trinajstić information content (AvgIpc) is 2.94. The summed E-state index contributed by atoms with van der Waals surface area (Å²) < 4.78 is 19.5. The lowest BCUT2D eigenvalue weighted by Crippen LogP contribution is -2.19. The molecule has 1 atom stereocenters. The smallest absolute Gasteiger partial charge is 0.127 e. The van der Waals surface area contributed by atoms with Crippen molar-refractivity contribution >= 4 is 11.6 Å². The van der Waals surface area contributed by atoms with E-state index in [1.807, 2.05) is 19.2 Å². The molecule has 0 saturated heterocycles. The van der Waals surface area contributed by atoms with Crippen LogP contribution in [0.4, 0.5) is 4.39 Å². The minimum absolute atomic E-state index is 0.0188. The van der Waals surface area contributed by atoms with Crippen LogP contribution < -0.4 is 10.1 Å². The summed E-state index contributed by atoms with van der Waals surface area (Å²) in [5.41, 5.74) is 2.89. The number of hydrogen-bond acceptors (Lipinski definition) is 2. The second-order valence-electron chi connectivity index (χ2n) is 5.21. The van der Waals surface area contributed by atoms with E-state index in [-0.39, 0.29) is 11.9 Å². The molecule has 3 rings (SSSR count). The summed E-state index contributed by atoms with van der Waals surface area (Å²) in [4.78, 5) is 0. The van der Waals surface area contributed by atoms with Gasteiger partial charge in [0.05, 0.1) is 6.61 Å². The number of fused-ring (bicyclic) bond motifs is 1. The molecular weight excluding hydrogens is 289 g/mol. The van der Waals surface area contributed by atoms with Gasteiger partial charge in [0.25, 0.3) is 0 Å². The van der Waals surface area contributed by atoms with E-state index in [0.29, 0.717) is 17.0 Å². The highest BCUT2D eigenvalue weighted by atomic mass is 35.5. The van der Waals surface area contributed by atoms with E-state index in [0.717, 1.165) is 24.3 Å². The molecule has 0 aromatic heterocycles. The van der Waals surface area contributed by atoms with Crippen molar-refractivity contribution in [3.05, 3.63) is 63.9 Å². The highest BCUT2D eigenvalue weighted by molar-refractivity contribution is 6.31. The van der Waals surface area contributed by atoms with E-state index in [9.17, 15) is 4.39 Å². The van der Waals surface area contributed by atoms with E-state index in [1.165, 1.54) is 11.6 Å². The van der Waals surface area contributed by atoms with Gasteiger partial charge in [0.1, 0.15) is 11.6 Å². The Kier molecular flexibility index (Phi) is 4.13. The number of likely N-dealkylation sites (N-methyl/N-ethyl adjacent to an activating group) is 1. The summed E-state index contributed by atoms with van der Waals surface area (Å²) in [7, 11) is 1.88. The molecule has 2 nitrogen and oxygen atoms in total. The SMILES string of the molecule is CNC(Cc1c(F)cccc1Cl)c1ccc2c(c1)CCO2. The van der Waals surface area contributed by atoms with E-state index in [4.69, 9.17) is 16.3 Å². The van der Waals surface area contributed by atoms with Crippen LogP contribution in [-0.2, 0) is 12.8 Å². The van der Waals surface area contributed by atoms with Gasteiger partial charge in [-0.25, -0.2) is 4.39 Å². The van der Waals surface area contributed by atoms with Crippen LogP contribution >= 0.6 is 11.6 Å². The molecular formula is C17H17ClFNO. The molecule has 2 aromatic carbocycles. The lowest BCUT2D eigenvalue weighted by Gasteiger charge is -2.18. The lowest BCUT2D eigenvalue weighted by atomic mass is 9.96. The molecule has 21 heavy (non-hydrogen) atoms. The predicted octanol–water partition coefficient (Wildman–Crippen LogP) is 3.92. The first-order valence-electron chi connectivity index (χ1n) is 7.05. The first-order valence-corrected chi connectivity index (χ1v) is 7.42. The molecule has 1 aliphatic heterocycles. The van der Waals surface area contributed by atoms with Crippen molar-refractivity contribution in [1.29, 1.82) is 0 Å². The van der Waals surface area contributed by atoms with Crippen LogP contribution in [-0.4, -0.2) is 13.7 Å².